The third kappa shape index (κ3) is 3.56. The van der Waals surface area contributed by atoms with Crippen LogP contribution in [0.1, 0.15) is 58.1 Å². The first-order chi connectivity index (χ1) is 14.7. The first-order valence-corrected chi connectivity index (χ1v) is 10.9. The normalized spacial score (nSPS) is 23.1. The van der Waals surface area contributed by atoms with Crippen LogP contribution in [-0.2, 0) is 4.74 Å². The lowest BCUT2D eigenvalue weighted by Crippen LogP contribution is -2.38. The Hall–Kier alpha value is -2.86. The zero-order valence-corrected chi connectivity index (χ0v) is 17.0. The lowest BCUT2D eigenvalue weighted by atomic mass is 10.1. The molecule has 2 fully saturated rings. The molecular formula is C24H27N3O3. The number of ether oxygens (including phenoxy) is 1. The fourth-order valence-electron chi connectivity index (χ4n) is 4.72. The number of nitrogens with one attached hydrogen (secondary N) is 1. The van der Waals surface area contributed by atoms with E-state index in [4.69, 9.17) is 4.74 Å². The first-order valence-electron chi connectivity index (χ1n) is 10.9. The number of nitrogens with zero attached hydrogens (tertiary/aromatic N) is 2. The van der Waals surface area contributed by atoms with E-state index in [0.717, 1.165) is 62.2 Å². The molecule has 0 aromatic heterocycles. The molecule has 3 aliphatic heterocycles. The van der Waals surface area contributed by atoms with Crippen molar-refractivity contribution >= 4 is 17.5 Å². The predicted molar refractivity (Wildman–Crippen MR) is 114 cm³/mol. The number of amides is 2. The van der Waals surface area contributed by atoms with Crippen molar-refractivity contribution in [3.05, 3.63) is 65.2 Å². The van der Waals surface area contributed by atoms with Gasteiger partial charge in [-0.1, -0.05) is 24.3 Å². The molecule has 2 aromatic carbocycles. The topological polar surface area (TPSA) is 61.9 Å². The summed E-state index contributed by atoms with van der Waals surface area (Å²) in [5.41, 5.74) is 3.23. The van der Waals surface area contributed by atoms with Crippen LogP contribution in [-0.4, -0.2) is 54.0 Å². The number of anilines is 1. The molecule has 156 valence electrons. The molecule has 30 heavy (non-hydrogen) atoms. The summed E-state index contributed by atoms with van der Waals surface area (Å²) >= 11 is 0. The molecule has 0 radical (unpaired) electrons. The van der Waals surface area contributed by atoms with Crippen LogP contribution in [0.2, 0.25) is 0 Å². The third-order valence-corrected chi connectivity index (χ3v) is 6.29. The van der Waals surface area contributed by atoms with Gasteiger partial charge in [0.05, 0.1) is 6.10 Å². The van der Waals surface area contributed by atoms with Crippen LogP contribution in [0.15, 0.2) is 48.5 Å². The Morgan fingerprint density at radius 2 is 1.90 bits per heavy atom. The number of rotatable bonds is 5. The van der Waals surface area contributed by atoms with Gasteiger partial charge in [-0.3, -0.25) is 9.59 Å². The minimum absolute atomic E-state index is 0.0305. The van der Waals surface area contributed by atoms with Crippen LogP contribution in [0, 0.1) is 0 Å². The number of carbonyl (C=O) groups excluding carboxylic acids is 2. The molecule has 5 rings (SSSR count). The van der Waals surface area contributed by atoms with Crippen molar-refractivity contribution in [2.45, 2.75) is 38.0 Å². The molecule has 0 unspecified atom stereocenters. The summed E-state index contributed by atoms with van der Waals surface area (Å²) in [6.07, 6.45) is 3.97. The van der Waals surface area contributed by atoms with Crippen LogP contribution >= 0.6 is 0 Å². The van der Waals surface area contributed by atoms with Crippen molar-refractivity contribution < 1.29 is 14.3 Å². The van der Waals surface area contributed by atoms with Gasteiger partial charge >= 0.3 is 0 Å². The first kappa shape index (κ1) is 19.1. The maximum absolute atomic E-state index is 13.1. The molecule has 0 bridgehead atoms. The Morgan fingerprint density at radius 3 is 2.70 bits per heavy atom. The molecule has 2 saturated heterocycles. The van der Waals surface area contributed by atoms with Crippen molar-refractivity contribution in [2.24, 2.45) is 0 Å². The van der Waals surface area contributed by atoms with E-state index in [1.54, 1.807) is 0 Å². The molecular weight excluding hydrogens is 378 g/mol. The molecule has 6 nitrogen and oxygen atoms in total. The van der Waals surface area contributed by atoms with Crippen LogP contribution in [0.4, 0.5) is 5.69 Å². The van der Waals surface area contributed by atoms with E-state index >= 15 is 0 Å². The largest absolute Gasteiger partial charge is 0.376 e. The Balaban J connectivity index is 1.40. The summed E-state index contributed by atoms with van der Waals surface area (Å²) in [5, 5.41) is 3.52. The lowest BCUT2D eigenvalue weighted by Gasteiger charge is -2.29. The highest BCUT2D eigenvalue weighted by atomic mass is 16.5. The highest BCUT2D eigenvalue weighted by Crippen LogP contribution is 2.35. The second-order valence-electron chi connectivity index (χ2n) is 8.31. The molecule has 2 aromatic rings. The van der Waals surface area contributed by atoms with Gasteiger partial charge in [-0.2, -0.15) is 0 Å². The van der Waals surface area contributed by atoms with Crippen LogP contribution in [0.25, 0.3) is 0 Å². The average molecular weight is 405 g/mol. The quantitative estimate of drug-likeness (QED) is 0.825. The van der Waals surface area contributed by atoms with E-state index in [9.17, 15) is 9.59 Å². The van der Waals surface area contributed by atoms with Crippen LogP contribution in [0.3, 0.4) is 0 Å². The molecule has 3 aliphatic rings. The van der Waals surface area contributed by atoms with E-state index in [1.807, 2.05) is 58.3 Å². The summed E-state index contributed by atoms with van der Waals surface area (Å²) in [7, 11) is 0. The molecule has 1 N–H and O–H groups in total. The van der Waals surface area contributed by atoms with Crippen LogP contribution in [0.5, 0.6) is 0 Å². The smallest absolute Gasteiger partial charge is 0.256 e. The zero-order valence-electron chi connectivity index (χ0n) is 17.0. The highest BCUT2D eigenvalue weighted by molar-refractivity contribution is 5.99. The van der Waals surface area contributed by atoms with E-state index in [-0.39, 0.29) is 24.1 Å². The molecule has 3 heterocycles. The van der Waals surface area contributed by atoms with E-state index in [1.165, 1.54) is 0 Å². The number of carbonyl (C=O) groups is 2. The molecule has 6 heteroatoms. The van der Waals surface area contributed by atoms with Gasteiger partial charge in [-0.25, -0.2) is 0 Å². The van der Waals surface area contributed by atoms with Gasteiger partial charge in [0.25, 0.3) is 11.8 Å². The van der Waals surface area contributed by atoms with Gasteiger partial charge in [0, 0.05) is 48.6 Å². The fourth-order valence-corrected chi connectivity index (χ4v) is 4.72. The Kier molecular flexibility index (Phi) is 5.17. The Bertz CT molecular complexity index is 948. The molecule has 0 spiro atoms. The SMILES string of the molecule is O=C(c1cccc(N[C@H]2c3ccccc3C(=O)N2C[C@@H]2CCCO2)c1)N1CCCC1. The van der Waals surface area contributed by atoms with E-state index in [2.05, 4.69) is 5.32 Å². The molecule has 2 amide bonds. The Labute approximate surface area is 176 Å². The number of hydrogen-bond acceptors (Lipinski definition) is 4. The lowest BCUT2D eigenvalue weighted by molar-refractivity contribution is 0.0488. The number of likely N-dealkylation sites (tertiary alicyclic amines) is 1. The van der Waals surface area contributed by atoms with Crippen molar-refractivity contribution in [2.75, 3.05) is 31.6 Å². The summed E-state index contributed by atoms with van der Waals surface area (Å²) in [4.78, 5) is 29.7. The number of benzene rings is 2. The maximum atomic E-state index is 13.1. The highest BCUT2D eigenvalue weighted by Gasteiger charge is 2.38. The standard InChI is InChI=1S/C24H27N3O3/c28-23(26-12-3-4-13-26)17-7-5-8-18(15-17)25-22-20-10-1-2-11-21(20)24(29)27(22)16-19-9-6-14-30-19/h1-2,5,7-8,10-11,15,19,22,25H,3-4,6,9,12-14,16H2/t19-,22+/m0/s1. The van der Waals surface area contributed by atoms with Crippen LogP contribution < -0.4 is 5.32 Å². The summed E-state index contributed by atoms with van der Waals surface area (Å²) in [6.45, 7) is 2.99. The van der Waals surface area contributed by atoms with Gasteiger partial charge in [0.15, 0.2) is 0 Å². The molecule has 2 atom stereocenters. The van der Waals surface area contributed by atoms with Crippen molar-refractivity contribution in [1.82, 2.24) is 9.80 Å². The van der Waals surface area contributed by atoms with Gasteiger partial charge in [0.1, 0.15) is 6.17 Å². The third-order valence-electron chi connectivity index (χ3n) is 6.29. The summed E-state index contributed by atoms with van der Waals surface area (Å²) < 4.78 is 5.80. The second kappa shape index (κ2) is 8.11. The summed E-state index contributed by atoms with van der Waals surface area (Å²) in [6, 6.07) is 15.4. The molecule has 0 saturated carbocycles. The van der Waals surface area contributed by atoms with Crippen molar-refractivity contribution in [1.29, 1.82) is 0 Å². The number of fused-ring (bicyclic) bond motifs is 1. The monoisotopic (exact) mass is 405 g/mol. The van der Waals surface area contributed by atoms with E-state index < -0.39 is 0 Å². The maximum Gasteiger partial charge on any atom is 0.256 e. The molecule has 0 aliphatic carbocycles. The average Bonchev–Trinajstić information content (AvgIpc) is 3.53. The fraction of sp³-hybridized carbons (Fsp3) is 0.417. The van der Waals surface area contributed by atoms with E-state index in [0.29, 0.717) is 12.1 Å². The number of hydrogen-bond donors (Lipinski definition) is 1. The van der Waals surface area contributed by atoms with Crippen molar-refractivity contribution in [3.8, 4) is 0 Å². The minimum Gasteiger partial charge on any atom is -0.376 e. The summed E-state index contributed by atoms with van der Waals surface area (Å²) in [5.74, 6) is 0.109. The predicted octanol–water partition coefficient (Wildman–Crippen LogP) is 3.67. The second-order valence-corrected chi connectivity index (χ2v) is 8.31. The van der Waals surface area contributed by atoms with Gasteiger partial charge in [0.2, 0.25) is 0 Å². The van der Waals surface area contributed by atoms with Gasteiger partial charge in [-0.15, -0.1) is 0 Å². The zero-order chi connectivity index (χ0) is 20.5. The van der Waals surface area contributed by atoms with Gasteiger partial charge in [-0.05, 0) is 49.9 Å². The van der Waals surface area contributed by atoms with Crippen molar-refractivity contribution in [3.63, 3.8) is 0 Å². The van der Waals surface area contributed by atoms with Gasteiger partial charge < -0.3 is 19.9 Å². The Morgan fingerprint density at radius 1 is 1.07 bits per heavy atom. The minimum atomic E-state index is -0.268.